The van der Waals surface area contributed by atoms with Crippen molar-refractivity contribution in [2.45, 2.75) is 18.4 Å². The SMILES string of the molecule is COc1ccc(-c2csc(C)n2)cc1S(=O)(=O)NCc1ccc2c(c1)OCO2. The van der Waals surface area contributed by atoms with Crippen LogP contribution in [0.3, 0.4) is 0 Å². The summed E-state index contributed by atoms with van der Waals surface area (Å²) in [5.74, 6) is 1.53. The molecule has 0 spiro atoms. The Labute approximate surface area is 167 Å². The Morgan fingerprint density at radius 3 is 2.75 bits per heavy atom. The second kappa shape index (κ2) is 7.42. The van der Waals surface area contributed by atoms with E-state index < -0.39 is 10.0 Å². The van der Waals surface area contributed by atoms with Crippen LogP contribution in [0.15, 0.2) is 46.7 Å². The number of aryl methyl sites for hydroxylation is 1. The second-order valence-corrected chi connectivity index (χ2v) is 8.93. The molecule has 0 atom stereocenters. The second-order valence-electron chi connectivity index (χ2n) is 6.13. The Morgan fingerprint density at radius 1 is 1.18 bits per heavy atom. The number of nitrogens with one attached hydrogen (secondary N) is 1. The van der Waals surface area contributed by atoms with E-state index in [9.17, 15) is 8.42 Å². The van der Waals surface area contributed by atoms with Gasteiger partial charge in [0.05, 0.1) is 17.8 Å². The number of nitrogens with zero attached hydrogens (tertiary/aromatic N) is 1. The van der Waals surface area contributed by atoms with Crippen molar-refractivity contribution in [1.29, 1.82) is 0 Å². The number of ether oxygens (including phenoxy) is 3. The third-order valence-electron chi connectivity index (χ3n) is 4.27. The van der Waals surface area contributed by atoms with Gasteiger partial charge in [-0.15, -0.1) is 11.3 Å². The molecule has 0 amide bonds. The molecule has 1 aliphatic rings. The molecule has 1 N–H and O–H groups in total. The smallest absolute Gasteiger partial charge is 0.244 e. The number of aromatic nitrogens is 1. The standard InChI is InChI=1S/C19H18N2O5S2/c1-12-21-15(10-27-12)14-4-6-17(24-2)19(8-14)28(22,23)20-9-13-3-5-16-18(7-13)26-11-25-16/h3-8,10,20H,9,11H2,1-2H3. The highest BCUT2D eigenvalue weighted by atomic mass is 32.2. The zero-order valence-electron chi connectivity index (χ0n) is 15.3. The topological polar surface area (TPSA) is 86.8 Å². The Kier molecular flexibility index (Phi) is 4.96. The Morgan fingerprint density at radius 2 is 2.00 bits per heavy atom. The lowest BCUT2D eigenvalue weighted by molar-refractivity contribution is 0.174. The molecule has 0 bridgehead atoms. The minimum atomic E-state index is -3.81. The molecule has 1 aromatic heterocycles. The fourth-order valence-corrected chi connectivity index (χ4v) is 4.68. The van der Waals surface area contributed by atoms with Crippen LogP contribution in [0.4, 0.5) is 0 Å². The van der Waals surface area contributed by atoms with Gasteiger partial charge in [0.15, 0.2) is 11.5 Å². The van der Waals surface area contributed by atoms with E-state index in [2.05, 4.69) is 9.71 Å². The molecule has 0 fully saturated rings. The third-order valence-corrected chi connectivity index (χ3v) is 6.47. The Hall–Kier alpha value is -2.62. The van der Waals surface area contributed by atoms with E-state index in [0.717, 1.165) is 16.3 Å². The van der Waals surface area contributed by atoms with Gasteiger partial charge in [-0.2, -0.15) is 0 Å². The van der Waals surface area contributed by atoms with Crippen LogP contribution in [0.2, 0.25) is 0 Å². The molecule has 0 saturated carbocycles. The summed E-state index contributed by atoms with van der Waals surface area (Å²) in [4.78, 5) is 4.49. The Bertz CT molecular complexity index is 1130. The summed E-state index contributed by atoms with van der Waals surface area (Å²) < 4.78 is 44.4. The first kappa shape index (κ1) is 18.7. The van der Waals surface area contributed by atoms with E-state index in [1.54, 1.807) is 36.4 Å². The Balaban J connectivity index is 1.60. The van der Waals surface area contributed by atoms with Gasteiger partial charge in [-0.05, 0) is 42.8 Å². The lowest BCUT2D eigenvalue weighted by Gasteiger charge is -2.12. The molecule has 7 nitrogen and oxygen atoms in total. The highest BCUT2D eigenvalue weighted by Crippen LogP contribution is 2.33. The van der Waals surface area contributed by atoms with Gasteiger partial charge in [-0.3, -0.25) is 0 Å². The van der Waals surface area contributed by atoms with Crippen LogP contribution < -0.4 is 18.9 Å². The minimum absolute atomic E-state index is 0.0684. The first-order chi connectivity index (χ1) is 13.5. The summed E-state index contributed by atoms with van der Waals surface area (Å²) in [5, 5.41) is 2.81. The predicted molar refractivity (Wildman–Crippen MR) is 105 cm³/mol. The quantitative estimate of drug-likeness (QED) is 0.661. The van der Waals surface area contributed by atoms with E-state index >= 15 is 0 Å². The monoisotopic (exact) mass is 418 g/mol. The molecule has 146 valence electrons. The van der Waals surface area contributed by atoms with Gasteiger partial charge in [0, 0.05) is 17.5 Å². The molecule has 0 radical (unpaired) electrons. The number of thiazole rings is 1. The van der Waals surface area contributed by atoms with Gasteiger partial charge in [-0.1, -0.05) is 6.07 Å². The van der Waals surface area contributed by atoms with Crippen LogP contribution in [0.1, 0.15) is 10.6 Å². The number of methoxy groups -OCH3 is 1. The van der Waals surface area contributed by atoms with Gasteiger partial charge < -0.3 is 14.2 Å². The minimum Gasteiger partial charge on any atom is -0.495 e. The summed E-state index contributed by atoms with van der Waals surface area (Å²) >= 11 is 1.51. The maximum atomic E-state index is 12.9. The summed E-state index contributed by atoms with van der Waals surface area (Å²) in [6, 6.07) is 10.3. The lowest BCUT2D eigenvalue weighted by atomic mass is 10.2. The zero-order valence-corrected chi connectivity index (χ0v) is 16.9. The number of hydrogen-bond acceptors (Lipinski definition) is 7. The third kappa shape index (κ3) is 3.68. The molecule has 9 heteroatoms. The van der Waals surface area contributed by atoms with E-state index in [1.807, 2.05) is 12.3 Å². The van der Waals surface area contributed by atoms with Crippen molar-refractivity contribution >= 4 is 21.4 Å². The number of fused-ring (bicyclic) bond motifs is 1. The fourth-order valence-electron chi connectivity index (χ4n) is 2.85. The lowest BCUT2D eigenvalue weighted by Crippen LogP contribution is -2.23. The predicted octanol–water partition coefficient (Wildman–Crippen LogP) is 3.33. The van der Waals surface area contributed by atoms with Crippen LogP contribution in [-0.4, -0.2) is 27.3 Å². The summed E-state index contributed by atoms with van der Waals surface area (Å²) in [6.07, 6.45) is 0. The van der Waals surface area contributed by atoms with Crippen molar-refractivity contribution in [2.24, 2.45) is 0 Å². The molecular weight excluding hydrogens is 400 g/mol. The maximum Gasteiger partial charge on any atom is 0.244 e. The highest BCUT2D eigenvalue weighted by molar-refractivity contribution is 7.89. The molecular formula is C19H18N2O5S2. The molecule has 2 aromatic carbocycles. The first-order valence-electron chi connectivity index (χ1n) is 8.45. The van der Waals surface area contributed by atoms with Gasteiger partial charge in [-0.25, -0.2) is 18.1 Å². The highest BCUT2D eigenvalue weighted by Gasteiger charge is 2.21. The molecule has 2 heterocycles. The largest absolute Gasteiger partial charge is 0.495 e. The zero-order chi connectivity index (χ0) is 19.7. The number of sulfonamides is 1. The van der Waals surface area contributed by atoms with Gasteiger partial charge in [0.25, 0.3) is 0 Å². The van der Waals surface area contributed by atoms with E-state index in [-0.39, 0.29) is 24.0 Å². The molecule has 0 aliphatic carbocycles. The molecule has 1 aliphatic heterocycles. The van der Waals surface area contributed by atoms with Crippen LogP contribution in [0.5, 0.6) is 17.2 Å². The first-order valence-corrected chi connectivity index (χ1v) is 10.8. The average molecular weight is 418 g/mol. The van der Waals surface area contributed by atoms with Gasteiger partial charge in [0.2, 0.25) is 16.8 Å². The van der Waals surface area contributed by atoms with Crippen molar-refractivity contribution in [3.8, 4) is 28.5 Å². The van der Waals surface area contributed by atoms with Crippen LogP contribution in [0.25, 0.3) is 11.3 Å². The van der Waals surface area contributed by atoms with Crippen molar-refractivity contribution in [1.82, 2.24) is 9.71 Å². The van der Waals surface area contributed by atoms with E-state index in [0.29, 0.717) is 17.1 Å². The normalized spacial score (nSPS) is 12.9. The average Bonchev–Trinajstić information content (AvgIpc) is 3.34. The van der Waals surface area contributed by atoms with E-state index in [1.165, 1.54) is 18.4 Å². The van der Waals surface area contributed by atoms with Gasteiger partial charge >= 0.3 is 0 Å². The van der Waals surface area contributed by atoms with E-state index in [4.69, 9.17) is 14.2 Å². The van der Waals surface area contributed by atoms with Crippen LogP contribution in [0, 0.1) is 6.92 Å². The molecule has 28 heavy (non-hydrogen) atoms. The number of hydrogen-bond donors (Lipinski definition) is 1. The van der Waals surface area contributed by atoms with Crippen molar-refractivity contribution in [2.75, 3.05) is 13.9 Å². The molecule has 4 rings (SSSR count). The number of rotatable bonds is 6. The number of benzene rings is 2. The van der Waals surface area contributed by atoms with Crippen molar-refractivity contribution in [3.63, 3.8) is 0 Å². The van der Waals surface area contributed by atoms with Crippen LogP contribution in [-0.2, 0) is 16.6 Å². The summed E-state index contributed by atoms with van der Waals surface area (Å²) in [5.41, 5.74) is 2.21. The molecule has 0 saturated heterocycles. The summed E-state index contributed by atoms with van der Waals surface area (Å²) in [6.45, 7) is 2.19. The van der Waals surface area contributed by atoms with Gasteiger partial charge in [0.1, 0.15) is 10.6 Å². The van der Waals surface area contributed by atoms with Crippen molar-refractivity contribution < 1.29 is 22.6 Å². The molecule has 3 aromatic rings. The summed E-state index contributed by atoms with van der Waals surface area (Å²) in [7, 11) is -2.37. The van der Waals surface area contributed by atoms with Crippen molar-refractivity contribution in [3.05, 3.63) is 52.3 Å². The fraction of sp³-hybridized carbons (Fsp3) is 0.211. The van der Waals surface area contributed by atoms with Crippen LogP contribution >= 0.6 is 11.3 Å². The maximum absolute atomic E-state index is 12.9. The molecule has 0 unspecified atom stereocenters.